The van der Waals surface area contributed by atoms with Crippen LogP contribution in [-0.2, 0) is 24.1 Å². The first-order valence-corrected chi connectivity index (χ1v) is 8.59. The molecule has 23 heavy (non-hydrogen) atoms. The number of amides is 2. The highest BCUT2D eigenvalue weighted by Crippen LogP contribution is 2.46. The third-order valence-corrected chi connectivity index (χ3v) is 5.46. The number of anilines is 1. The Morgan fingerprint density at radius 1 is 1.26 bits per heavy atom. The van der Waals surface area contributed by atoms with Crippen molar-refractivity contribution in [2.45, 2.75) is 40.0 Å². The van der Waals surface area contributed by atoms with Gasteiger partial charge in [-0.2, -0.15) is 0 Å². The molecule has 0 fully saturated rings. The van der Waals surface area contributed by atoms with Crippen molar-refractivity contribution in [1.82, 2.24) is 0 Å². The number of primary amides is 1. The van der Waals surface area contributed by atoms with E-state index in [4.69, 9.17) is 5.73 Å². The summed E-state index contributed by atoms with van der Waals surface area (Å²) in [5.74, 6) is -0.664. The van der Waals surface area contributed by atoms with Crippen molar-refractivity contribution < 1.29 is 9.59 Å². The lowest BCUT2D eigenvalue weighted by Crippen LogP contribution is -2.17. The quantitative estimate of drug-likeness (QED) is 0.906. The second-order valence-corrected chi connectivity index (χ2v) is 6.98. The Morgan fingerprint density at radius 2 is 1.96 bits per heavy atom. The SMILES string of the molecule is CCc1cc(C)cc2c1CCc1c-2sc(NC(C)=O)c1C(N)=O. The predicted octanol–water partition coefficient (Wildman–Crippen LogP) is 3.44. The Balaban J connectivity index is 2.25. The Kier molecular flexibility index (Phi) is 3.98. The molecule has 1 aromatic carbocycles. The molecule has 5 heteroatoms. The largest absolute Gasteiger partial charge is 0.365 e. The fourth-order valence-corrected chi connectivity index (χ4v) is 4.73. The van der Waals surface area contributed by atoms with Crippen LogP contribution in [0.5, 0.6) is 0 Å². The van der Waals surface area contributed by atoms with Gasteiger partial charge in [0.2, 0.25) is 5.91 Å². The van der Waals surface area contributed by atoms with Crippen LogP contribution in [0.25, 0.3) is 10.4 Å². The van der Waals surface area contributed by atoms with Crippen LogP contribution >= 0.6 is 11.3 Å². The lowest BCUT2D eigenvalue weighted by molar-refractivity contribution is -0.114. The molecule has 0 radical (unpaired) electrons. The minimum Gasteiger partial charge on any atom is -0.365 e. The lowest BCUT2D eigenvalue weighted by atomic mass is 9.84. The number of thiophene rings is 1. The summed E-state index contributed by atoms with van der Waals surface area (Å²) in [6.07, 6.45) is 2.68. The second kappa shape index (κ2) is 5.81. The summed E-state index contributed by atoms with van der Waals surface area (Å²) in [5.41, 5.74) is 12.2. The van der Waals surface area contributed by atoms with Crippen LogP contribution in [0.4, 0.5) is 5.00 Å². The van der Waals surface area contributed by atoms with Crippen molar-refractivity contribution in [3.05, 3.63) is 39.9 Å². The molecule has 0 saturated carbocycles. The zero-order valence-corrected chi connectivity index (χ0v) is 14.4. The Morgan fingerprint density at radius 3 is 2.57 bits per heavy atom. The van der Waals surface area contributed by atoms with E-state index >= 15 is 0 Å². The average molecular weight is 328 g/mol. The molecule has 1 aliphatic carbocycles. The number of benzene rings is 1. The molecule has 120 valence electrons. The molecule has 0 atom stereocenters. The zero-order chi connectivity index (χ0) is 16.7. The van der Waals surface area contributed by atoms with Gasteiger partial charge in [0.15, 0.2) is 0 Å². The highest BCUT2D eigenvalue weighted by molar-refractivity contribution is 7.20. The van der Waals surface area contributed by atoms with E-state index in [0.717, 1.165) is 29.7 Å². The number of aryl methyl sites for hydroxylation is 2. The van der Waals surface area contributed by atoms with E-state index in [1.807, 2.05) is 0 Å². The smallest absolute Gasteiger partial charge is 0.252 e. The summed E-state index contributed by atoms with van der Waals surface area (Å²) >= 11 is 1.46. The van der Waals surface area contributed by atoms with E-state index < -0.39 is 5.91 Å². The van der Waals surface area contributed by atoms with E-state index in [9.17, 15) is 9.59 Å². The first-order chi connectivity index (χ1) is 10.9. The van der Waals surface area contributed by atoms with Crippen LogP contribution in [-0.4, -0.2) is 11.8 Å². The van der Waals surface area contributed by atoms with Gasteiger partial charge in [-0.3, -0.25) is 9.59 Å². The number of hydrogen-bond acceptors (Lipinski definition) is 3. The third kappa shape index (κ3) is 2.65. The van der Waals surface area contributed by atoms with Crippen molar-refractivity contribution in [3.63, 3.8) is 0 Å². The fraction of sp³-hybridized carbons (Fsp3) is 0.333. The van der Waals surface area contributed by atoms with Gasteiger partial charge in [0.1, 0.15) is 5.00 Å². The maximum Gasteiger partial charge on any atom is 0.252 e. The molecule has 0 aliphatic heterocycles. The molecular formula is C18H20N2O2S. The zero-order valence-electron chi connectivity index (χ0n) is 13.6. The topological polar surface area (TPSA) is 72.2 Å². The van der Waals surface area contributed by atoms with Gasteiger partial charge in [0, 0.05) is 11.8 Å². The molecule has 0 bridgehead atoms. The molecule has 0 saturated heterocycles. The van der Waals surface area contributed by atoms with Crippen molar-refractivity contribution >= 4 is 28.2 Å². The molecule has 3 N–H and O–H groups in total. The van der Waals surface area contributed by atoms with E-state index in [1.165, 1.54) is 40.5 Å². The Hall–Kier alpha value is -2.14. The molecule has 1 aromatic heterocycles. The average Bonchev–Trinajstić information content (AvgIpc) is 2.83. The Bertz CT molecular complexity index is 821. The minimum atomic E-state index is -0.474. The van der Waals surface area contributed by atoms with E-state index in [0.29, 0.717) is 10.6 Å². The van der Waals surface area contributed by atoms with Gasteiger partial charge in [0.25, 0.3) is 5.91 Å². The summed E-state index contributed by atoms with van der Waals surface area (Å²) in [5, 5.41) is 3.34. The van der Waals surface area contributed by atoms with Crippen LogP contribution in [0, 0.1) is 6.92 Å². The van der Waals surface area contributed by atoms with Crippen molar-refractivity contribution in [2.75, 3.05) is 5.32 Å². The highest BCUT2D eigenvalue weighted by Gasteiger charge is 2.28. The molecule has 0 spiro atoms. The number of fused-ring (bicyclic) bond motifs is 3. The van der Waals surface area contributed by atoms with Crippen LogP contribution in [0.3, 0.4) is 0 Å². The van der Waals surface area contributed by atoms with Gasteiger partial charge in [-0.25, -0.2) is 0 Å². The molecule has 0 unspecified atom stereocenters. The molecular weight excluding hydrogens is 308 g/mol. The predicted molar refractivity (Wildman–Crippen MR) is 94.1 cm³/mol. The van der Waals surface area contributed by atoms with E-state index in [-0.39, 0.29) is 5.91 Å². The fourth-order valence-electron chi connectivity index (χ4n) is 3.38. The van der Waals surface area contributed by atoms with Gasteiger partial charge in [0.05, 0.1) is 5.56 Å². The summed E-state index contributed by atoms with van der Waals surface area (Å²) in [7, 11) is 0. The van der Waals surface area contributed by atoms with Crippen LogP contribution in [0.2, 0.25) is 0 Å². The van der Waals surface area contributed by atoms with Crippen LogP contribution in [0.15, 0.2) is 12.1 Å². The number of carbonyl (C=O) groups is 2. The van der Waals surface area contributed by atoms with Crippen molar-refractivity contribution in [1.29, 1.82) is 0 Å². The molecule has 2 amide bonds. The molecule has 1 heterocycles. The minimum absolute atomic E-state index is 0.190. The van der Waals surface area contributed by atoms with Crippen molar-refractivity contribution in [3.8, 4) is 10.4 Å². The number of hydrogen-bond donors (Lipinski definition) is 2. The monoisotopic (exact) mass is 328 g/mol. The van der Waals surface area contributed by atoms with Gasteiger partial charge >= 0.3 is 0 Å². The van der Waals surface area contributed by atoms with Crippen LogP contribution in [0.1, 0.15) is 46.5 Å². The second-order valence-electron chi connectivity index (χ2n) is 5.96. The highest BCUT2D eigenvalue weighted by atomic mass is 32.1. The van der Waals surface area contributed by atoms with Crippen LogP contribution < -0.4 is 11.1 Å². The number of nitrogens with one attached hydrogen (secondary N) is 1. The first kappa shape index (κ1) is 15.7. The van der Waals surface area contributed by atoms with E-state index in [1.54, 1.807) is 0 Å². The third-order valence-electron chi connectivity index (χ3n) is 4.28. The number of nitrogens with two attached hydrogens (primary N) is 1. The van der Waals surface area contributed by atoms with Gasteiger partial charge < -0.3 is 11.1 Å². The number of carbonyl (C=O) groups excluding carboxylic acids is 2. The number of rotatable bonds is 3. The first-order valence-electron chi connectivity index (χ1n) is 7.78. The van der Waals surface area contributed by atoms with Gasteiger partial charge in [-0.15, -0.1) is 11.3 Å². The Labute approximate surface area is 139 Å². The standard InChI is InChI=1S/C18H20N2O2S/c1-4-11-7-9(2)8-14-12(11)5-6-13-15(17(19)22)18(20-10(3)21)23-16(13)14/h7-8H,4-6H2,1-3H3,(H2,19,22)(H,20,21). The summed E-state index contributed by atoms with van der Waals surface area (Å²) < 4.78 is 0. The summed E-state index contributed by atoms with van der Waals surface area (Å²) in [6.45, 7) is 5.69. The summed E-state index contributed by atoms with van der Waals surface area (Å²) in [4.78, 5) is 24.4. The molecule has 2 aromatic rings. The van der Waals surface area contributed by atoms with E-state index in [2.05, 4.69) is 31.3 Å². The van der Waals surface area contributed by atoms with Crippen molar-refractivity contribution in [2.24, 2.45) is 5.73 Å². The molecule has 3 rings (SSSR count). The summed E-state index contributed by atoms with van der Waals surface area (Å²) in [6, 6.07) is 4.41. The normalized spacial score (nSPS) is 12.5. The van der Waals surface area contributed by atoms with Gasteiger partial charge in [-0.05, 0) is 48.4 Å². The van der Waals surface area contributed by atoms with Gasteiger partial charge in [-0.1, -0.05) is 24.6 Å². The molecule has 4 nitrogen and oxygen atoms in total. The maximum atomic E-state index is 11.9. The lowest BCUT2D eigenvalue weighted by Gasteiger charge is -2.21. The maximum absolute atomic E-state index is 11.9. The molecule has 1 aliphatic rings.